The zero-order valence-corrected chi connectivity index (χ0v) is 21.8. The van der Waals surface area contributed by atoms with Gasteiger partial charge in [-0.1, -0.05) is 48.0 Å². The predicted molar refractivity (Wildman–Crippen MR) is 145 cm³/mol. The minimum atomic E-state index is -0.654. The largest absolute Gasteiger partial charge is 0.495 e. The van der Waals surface area contributed by atoms with E-state index in [0.29, 0.717) is 50.7 Å². The molecule has 0 spiro atoms. The number of carbonyl (C=O) groups is 1. The molecule has 3 aromatic carbocycles. The van der Waals surface area contributed by atoms with E-state index in [1.165, 1.54) is 6.33 Å². The van der Waals surface area contributed by atoms with Crippen LogP contribution in [-0.2, 0) is 11.4 Å². The molecule has 0 saturated carbocycles. The number of ether oxygens (including phenoxy) is 3. The highest BCUT2D eigenvalue weighted by atomic mass is 35.5. The molecule has 0 fully saturated rings. The summed E-state index contributed by atoms with van der Waals surface area (Å²) in [7, 11) is 3.14. The summed E-state index contributed by atoms with van der Waals surface area (Å²) in [6, 6.07) is 19.6. The van der Waals surface area contributed by atoms with Crippen LogP contribution >= 0.6 is 11.6 Å². The average molecular weight is 532 g/mol. The highest BCUT2D eigenvalue weighted by Gasteiger charge is 2.36. The van der Waals surface area contributed by atoms with Crippen LogP contribution in [0.2, 0.25) is 5.02 Å². The second-order valence-electron chi connectivity index (χ2n) is 8.54. The minimum absolute atomic E-state index is 0.269. The number of rotatable bonds is 8. The number of amides is 1. The lowest BCUT2D eigenvalue weighted by Crippen LogP contribution is -2.32. The van der Waals surface area contributed by atoms with Crippen molar-refractivity contribution in [1.29, 1.82) is 0 Å². The topological polar surface area (TPSA) is 99.5 Å². The van der Waals surface area contributed by atoms with Gasteiger partial charge in [0.1, 0.15) is 24.7 Å². The first kappa shape index (κ1) is 25.2. The van der Waals surface area contributed by atoms with E-state index in [1.807, 2.05) is 61.5 Å². The maximum absolute atomic E-state index is 13.8. The molecule has 0 unspecified atom stereocenters. The normalized spacial score (nSPS) is 14.4. The number of fused-ring (bicyclic) bond motifs is 1. The molecule has 0 bridgehead atoms. The molecule has 1 aliphatic rings. The van der Waals surface area contributed by atoms with Crippen LogP contribution in [-0.4, -0.2) is 34.9 Å². The van der Waals surface area contributed by atoms with Crippen LogP contribution < -0.4 is 24.8 Å². The van der Waals surface area contributed by atoms with Gasteiger partial charge in [0.15, 0.2) is 11.5 Å². The number of carbonyl (C=O) groups excluding carboxylic acids is 1. The number of aromatic nitrogens is 3. The molecule has 2 heterocycles. The van der Waals surface area contributed by atoms with Crippen LogP contribution in [0.3, 0.4) is 0 Å². The third-order valence-corrected chi connectivity index (χ3v) is 6.47. The van der Waals surface area contributed by atoms with Gasteiger partial charge in [-0.3, -0.25) is 4.79 Å². The Balaban J connectivity index is 1.57. The molecule has 0 saturated heterocycles. The zero-order valence-electron chi connectivity index (χ0n) is 21.1. The molecular formula is C28H26ClN5O4. The summed E-state index contributed by atoms with van der Waals surface area (Å²) in [5.74, 6) is 1.76. The van der Waals surface area contributed by atoms with Crippen molar-refractivity contribution in [1.82, 2.24) is 14.8 Å². The maximum Gasteiger partial charge on any atom is 0.255 e. The summed E-state index contributed by atoms with van der Waals surface area (Å²) in [5, 5.41) is 11.3. The smallest absolute Gasteiger partial charge is 0.255 e. The molecule has 5 rings (SSSR count). The summed E-state index contributed by atoms with van der Waals surface area (Å²) in [5.41, 5.74) is 3.25. The fourth-order valence-electron chi connectivity index (χ4n) is 4.41. The predicted octanol–water partition coefficient (Wildman–Crippen LogP) is 5.46. The van der Waals surface area contributed by atoms with Crippen molar-refractivity contribution in [2.75, 3.05) is 24.9 Å². The van der Waals surface area contributed by atoms with E-state index in [1.54, 1.807) is 31.0 Å². The lowest BCUT2D eigenvalue weighted by molar-refractivity contribution is -0.113. The molecule has 1 aliphatic heterocycles. The van der Waals surface area contributed by atoms with Crippen LogP contribution in [0, 0.1) is 0 Å². The Morgan fingerprint density at radius 2 is 1.76 bits per heavy atom. The van der Waals surface area contributed by atoms with Gasteiger partial charge in [-0.2, -0.15) is 10.1 Å². The number of methoxy groups -OCH3 is 2. The lowest BCUT2D eigenvalue weighted by atomic mass is 9.93. The second kappa shape index (κ2) is 10.9. The molecule has 1 atom stereocenters. The number of anilines is 2. The number of hydrogen-bond donors (Lipinski definition) is 2. The van der Waals surface area contributed by atoms with Crippen LogP contribution in [0.1, 0.15) is 24.1 Å². The van der Waals surface area contributed by atoms with E-state index in [-0.39, 0.29) is 12.5 Å². The molecular weight excluding hydrogens is 506 g/mol. The van der Waals surface area contributed by atoms with E-state index in [4.69, 9.17) is 25.8 Å². The summed E-state index contributed by atoms with van der Waals surface area (Å²) in [4.78, 5) is 18.2. The van der Waals surface area contributed by atoms with Crippen molar-refractivity contribution < 1.29 is 19.0 Å². The average Bonchev–Trinajstić information content (AvgIpc) is 3.40. The number of nitrogens with zero attached hydrogens (tertiary/aromatic N) is 3. The first-order valence-corrected chi connectivity index (χ1v) is 12.2. The Morgan fingerprint density at radius 1 is 1.03 bits per heavy atom. The Bertz CT molecular complexity index is 1500. The van der Waals surface area contributed by atoms with E-state index >= 15 is 0 Å². The van der Waals surface area contributed by atoms with Crippen LogP contribution in [0.25, 0.3) is 0 Å². The fourth-order valence-corrected chi connectivity index (χ4v) is 4.54. The summed E-state index contributed by atoms with van der Waals surface area (Å²) < 4.78 is 19.1. The zero-order chi connectivity index (χ0) is 26.6. The Morgan fingerprint density at radius 3 is 2.53 bits per heavy atom. The Hall–Kier alpha value is -4.50. The summed E-state index contributed by atoms with van der Waals surface area (Å²) in [6.45, 7) is 2.10. The van der Waals surface area contributed by atoms with Gasteiger partial charge in [-0.25, -0.2) is 4.68 Å². The molecule has 1 amide bonds. The van der Waals surface area contributed by atoms with Crippen LogP contribution in [0.15, 0.2) is 84.3 Å². The number of para-hydroxylation sites is 3. The minimum Gasteiger partial charge on any atom is -0.495 e. The van der Waals surface area contributed by atoms with E-state index in [0.717, 1.165) is 5.56 Å². The number of nitrogens with one attached hydrogen (secondary N) is 2. The molecule has 194 valence electrons. The van der Waals surface area contributed by atoms with Gasteiger partial charge in [0, 0.05) is 16.3 Å². The van der Waals surface area contributed by atoms with Gasteiger partial charge in [0.25, 0.3) is 5.91 Å². The van der Waals surface area contributed by atoms with Crippen molar-refractivity contribution in [2.45, 2.75) is 19.6 Å². The van der Waals surface area contributed by atoms with Crippen molar-refractivity contribution in [2.24, 2.45) is 0 Å². The van der Waals surface area contributed by atoms with Gasteiger partial charge < -0.3 is 24.8 Å². The summed E-state index contributed by atoms with van der Waals surface area (Å²) >= 11 is 6.04. The van der Waals surface area contributed by atoms with Crippen molar-refractivity contribution >= 4 is 29.1 Å². The number of allylic oxidation sites excluding steroid dienone is 1. The molecule has 38 heavy (non-hydrogen) atoms. The quantitative estimate of drug-likeness (QED) is 0.311. The molecule has 2 N–H and O–H groups in total. The van der Waals surface area contributed by atoms with Gasteiger partial charge in [0.05, 0.1) is 25.5 Å². The molecule has 0 aliphatic carbocycles. The van der Waals surface area contributed by atoms with Crippen LogP contribution in [0.4, 0.5) is 11.6 Å². The molecule has 4 aromatic rings. The Kier molecular flexibility index (Phi) is 7.19. The molecule has 9 nitrogen and oxygen atoms in total. The van der Waals surface area contributed by atoms with Gasteiger partial charge >= 0.3 is 0 Å². The van der Waals surface area contributed by atoms with E-state index < -0.39 is 6.04 Å². The molecule has 0 radical (unpaired) electrons. The van der Waals surface area contributed by atoms with Gasteiger partial charge in [-0.15, -0.1) is 0 Å². The SMILES string of the molecule is COc1ccccc1NC(=O)C1=C(C)Nc2ncnn2[C@H]1c1cccc(OC)c1OCc1ccc(Cl)cc1. The third-order valence-electron chi connectivity index (χ3n) is 6.21. The van der Waals surface area contributed by atoms with Crippen molar-refractivity contribution in [3.05, 3.63) is 100 Å². The number of benzene rings is 3. The van der Waals surface area contributed by atoms with Gasteiger partial charge in [-0.05, 0) is 42.8 Å². The van der Waals surface area contributed by atoms with Gasteiger partial charge in [0.2, 0.25) is 5.95 Å². The summed E-state index contributed by atoms with van der Waals surface area (Å²) in [6.07, 6.45) is 1.44. The van der Waals surface area contributed by atoms with E-state index in [2.05, 4.69) is 20.7 Å². The highest BCUT2D eigenvalue weighted by molar-refractivity contribution is 6.30. The molecule has 1 aromatic heterocycles. The van der Waals surface area contributed by atoms with Crippen LogP contribution in [0.5, 0.6) is 17.2 Å². The first-order valence-electron chi connectivity index (χ1n) is 11.9. The standard InChI is InChI=1S/C28H26ClN5O4/c1-17-24(27(35)33-21-8-4-5-9-22(21)36-2)25(34-28(32-17)30-16-31-34)20-7-6-10-23(37-3)26(20)38-15-18-11-13-19(29)14-12-18/h4-14,16,25H,15H2,1-3H3,(H,33,35)(H,30,31,32)/t25-/m0/s1. The second-order valence-corrected chi connectivity index (χ2v) is 8.98. The first-order chi connectivity index (χ1) is 18.5. The van der Waals surface area contributed by atoms with E-state index in [9.17, 15) is 4.79 Å². The lowest BCUT2D eigenvalue weighted by Gasteiger charge is -2.30. The monoisotopic (exact) mass is 531 g/mol. The fraction of sp³-hybridized carbons (Fsp3) is 0.179. The Labute approximate surface area is 225 Å². The third kappa shape index (κ3) is 4.88. The highest BCUT2D eigenvalue weighted by Crippen LogP contribution is 2.43. The number of halogens is 1. The van der Waals surface area contributed by atoms with Crippen molar-refractivity contribution in [3.63, 3.8) is 0 Å². The number of hydrogen-bond acceptors (Lipinski definition) is 7. The maximum atomic E-state index is 13.8. The molecule has 10 heteroatoms. The van der Waals surface area contributed by atoms with Crippen molar-refractivity contribution in [3.8, 4) is 17.2 Å².